The molecule has 1 heterocycles. The van der Waals surface area contributed by atoms with Gasteiger partial charge in [0.2, 0.25) is 5.56 Å². The maximum Gasteiger partial charge on any atom is 0.256 e. The predicted octanol–water partition coefficient (Wildman–Crippen LogP) is 3.63. The minimum absolute atomic E-state index is 0. The Morgan fingerprint density at radius 3 is 2.44 bits per heavy atom. The fourth-order valence-electron chi connectivity index (χ4n) is 2.01. The van der Waals surface area contributed by atoms with E-state index in [0.717, 1.165) is 18.2 Å². The molecule has 0 aliphatic heterocycles. The van der Waals surface area contributed by atoms with E-state index in [1.54, 1.807) is 0 Å². The van der Waals surface area contributed by atoms with Crippen LogP contribution >= 0.6 is 15.9 Å². The Balaban J connectivity index is 0.00000312. The molecular weight excluding hydrogens is 483 g/mol. The molecule has 0 aliphatic carbocycles. The van der Waals surface area contributed by atoms with Crippen LogP contribution in [0.1, 0.15) is 0 Å². The number of benzene rings is 1. The van der Waals surface area contributed by atoms with Crippen LogP contribution in [0.2, 0.25) is 0 Å². The molecule has 2 aromatic rings. The van der Waals surface area contributed by atoms with Gasteiger partial charge in [-0.1, -0.05) is 11.6 Å². The minimum atomic E-state index is -2.89. The summed E-state index contributed by atoms with van der Waals surface area (Å²) < 4.78 is 59.4. The zero-order valence-electron chi connectivity index (χ0n) is 12.5. The molecule has 3 nitrogen and oxygen atoms in total. The second kappa shape index (κ2) is 9.51. The molecule has 0 aliphatic rings. The smallest absolute Gasteiger partial charge is 0.256 e. The van der Waals surface area contributed by atoms with E-state index in [0.29, 0.717) is 4.57 Å². The van der Waals surface area contributed by atoms with Gasteiger partial charge in [0.05, 0.1) is 18.2 Å². The molecule has 9 heteroatoms. The van der Waals surface area contributed by atoms with Gasteiger partial charge in [-0.15, -0.1) is 22.4 Å². The zero-order valence-corrected chi connectivity index (χ0v) is 17.0. The van der Waals surface area contributed by atoms with Gasteiger partial charge in [-0.3, -0.25) is 4.79 Å². The second-order valence-electron chi connectivity index (χ2n) is 4.55. The third kappa shape index (κ3) is 5.16. The van der Waals surface area contributed by atoms with Crippen LogP contribution in [0.4, 0.5) is 17.6 Å². The Bertz CT molecular complexity index is 841. The van der Waals surface area contributed by atoms with Gasteiger partial charge in [0, 0.05) is 44.8 Å². The number of halogens is 5. The monoisotopic (exact) mass is 491 g/mol. The van der Waals surface area contributed by atoms with E-state index in [4.69, 9.17) is 11.2 Å². The summed E-state index contributed by atoms with van der Waals surface area (Å²) in [5.74, 6) is -0.211. The molecule has 1 aromatic heterocycles. The van der Waals surface area contributed by atoms with Crippen LogP contribution in [0.25, 0.3) is 11.3 Å². The van der Waals surface area contributed by atoms with Gasteiger partial charge in [0.1, 0.15) is 12.4 Å². The van der Waals surface area contributed by atoms with Crippen LogP contribution in [0.3, 0.4) is 0 Å². The van der Waals surface area contributed by atoms with Gasteiger partial charge in [0.15, 0.2) is 0 Å². The molecule has 1 aromatic carbocycles. The largest absolute Gasteiger partial charge is 0.481 e. The fourth-order valence-corrected chi connectivity index (χ4v) is 2.33. The predicted molar refractivity (Wildman–Crippen MR) is 82.9 cm³/mol. The first-order valence-corrected chi connectivity index (χ1v) is 7.29. The number of rotatable bonds is 5. The summed E-state index contributed by atoms with van der Waals surface area (Å²) in [5.41, 5.74) is -1.94. The molecular formula is C16H9BrF4NO2Y-. The molecule has 1 radical (unpaired) electrons. The third-order valence-corrected chi connectivity index (χ3v) is 3.52. The van der Waals surface area contributed by atoms with Crippen molar-refractivity contribution >= 4 is 15.9 Å². The van der Waals surface area contributed by atoms with Crippen LogP contribution in [0, 0.1) is 30.0 Å². The molecule has 0 atom stereocenters. The van der Waals surface area contributed by atoms with Gasteiger partial charge in [0.25, 0.3) is 6.43 Å². The van der Waals surface area contributed by atoms with Crippen molar-refractivity contribution in [2.75, 3.05) is 6.61 Å². The van der Waals surface area contributed by atoms with E-state index in [9.17, 15) is 22.4 Å². The zero-order chi connectivity index (χ0) is 17.9. The number of nitrogens with zero attached hydrogens (tertiary/aromatic N) is 1. The summed E-state index contributed by atoms with van der Waals surface area (Å²) in [6, 6.07) is 5.25. The number of hydrogen-bond acceptors (Lipinski definition) is 2. The number of alkyl halides is 2. The SMILES string of the molecule is C#CCOc1cc(F)c(-c2[c-]cc(Br)c(=O)n2CC(F)F)c(F)c1.[Y]. The summed E-state index contributed by atoms with van der Waals surface area (Å²) in [5, 5.41) is 0. The first-order valence-electron chi connectivity index (χ1n) is 6.50. The van der Waals surface area contributed by atoms with E-state index >= 15 is 0 Å². The van der Waals surface area contributed by atoms with Crippen molar-refractivity contribution in [2.45, 2.75) is 13.0 Å². The summed E-state index contributed by atoms with van der Waals surface area (Å²) in [6.07, 6.45) is 2.09. The number of aromatic nitrogens is 1. The van der Waals surface area contributed by atoms with E-state index in [-0.39, 0.29) is 49.5 Å². The molecule has 0 fully saturated rings. The van der Waals surface area contributed by atoms with Crippen molar-refractivity contribution in [3.63, 3.8) is 0 Å². The van der Waals surface area contributed by atoms with Crippen LogP contribution in [-0.4, -0.2) is 17.6 Å². The van der Waals surface area contributed by atoms with Crippen molar-refractivity contribution < 1.29 is 55.0 Å². The van der Waals surface area contributed by atoms with Gasteiger partial charge in [-0.2, -0.15) is 12.1 Å². The quantitative estimate of drug-likeness (QED) is 0.363. The first kappa shape index (κ1) is 21.9. The van der Waals surface area contributed by atoms with Crippen molar-refractivity contribution in [3.05, 3.63) is 50.7 Å². The Kier molecular flexibility index (Phi) is 8.32. The molecule has 0 spiro atoms. The van der Waals surface area contributed by atoms with Gasteiger partial charge < -0.3 is 9.30 Å². The summed E-state index contributed by atoms with van der Waals surface area (Å²) in [6.45, 7) is -1.23. The first-order chi connectivity index (χ1) is 11.3. The molecule has 25 heavy (non-hydrogen) atoms. The molecule has 0 unspecified atom stereocenters. The average Bonchev–Trinajstić information content (AvgIpc) is 2.51. The molecule has 0 amide bonds. The van der Waals surface area contributed by atoms with Crippen LogP contribution < -0.4 is 10.3 Å². The van der Waals surface area contributed by atoms with E-state index in [2.05, 4.69) is 27.9 Å². The minimum Gasteiger partial charge on any atom is -0.481 e. The fraction of sp³-hybridized carbons (Fsp3) is 0.188. The maximum atomic E-state index is 14.3. The van der Waals surface area contributed by atoms with E-state index in [1.807, 2.05) is 0 Å². The molecule has 0 N–H and O–H groups in total. The van der Waals surface area contributed by atoms with Gasteiger partial charge in [-0.05, 0) is 10.0 Å². The normalized spacial score (nSPS) is 10.3. The maximum absolute atomic E-state index is 14.3. The van der Waals surface area contributed by atoms with E-state index in [1.165, 1.54) is 0 Å². The second-order valence-corrected chi connectivity index (χ2v) is 5.40. The molecule has 2 rings (SSSR count). The standard InChI is InChI=1S/C16H9BrF4NO2.Y/c1-2-5-24-9-6-11(18)15(12(19)7-9)13-4-3-10(17)16(23)22(13)8-14(20)21;/h1,3,6-7,14H,5,8H2;/q-1;. The summed E-state index contributed by atoms with van der Waals surface area (Å²) in [7, 11) is 0. The van der Waals surface area contributed by atoms with E-state index < -0.39 is 41.4 Å². The number of pyridine rings is 1. The van der Waals surface area contributed by atoms with Crippen LogP contribution in [-0.2, 0) is 39.3 Å². The van der Waals surface area contributed by atoms with Crippen molar-refractivity contribution in [2.24, 2.45) is 0 Å². The Labute approximate surface area is 174 Å². The van der Waals surface area contributed by atoms with Crippen molar-refractivity contribution in [1.29, 1.82) is 0 Å². The van der Waals surface area contributed by atoms with Crippen molar-refractivity contribution in [3.8, 4) is 29.4 Å². The Morgan fingerprint density at radius 2 is 1.92 bits per heavy atom. The summed E-state index contributed by atoms with van der Waals surface area (Å²) >= 11 is 2.88. The summed E-state index contributed by atoms with van der Waals surface area (Å²) in [4.78, 5) is 12.0. The molecule has 0 saturated heterocycles. The van der Waals surface area contributed by atoms with Gasteiger partial charge in [-0.25, -0.2) is 17.6 Å². The van der Waals surface area contributed by atoms with Crippen molar-refractivity contribution in [1.82, 2.24) is 4.57 Å². The number of terminal acetylenes is 1. The van der Waals surface area contributed by atoms with Crippen LogP contribution in [0.15, 0.2) is 27.5 Å². The average molecular weight is 492 g/mol. The molecule has 0 saturated carbocycles. The number of hydrogen-bond donors (Lipinski definition) is 0. The number of ether oxygens (including phenoxy) is 1. The molecule has 129 valence electrons. The Morgan fingerprint density at radius 1 is 1.32 bits per heavy atom. The molecule has 0 bridgehead atoms. The van der Waals surface area contributed by atoms with Gasteiger partial charge >= 0.3 is 0 Å². The third-order valence-electron chi connectivity index (χ3n) is 2.95. The topological polar surface area (TPSA) is 31.2 Å². The Hall–Kier alpha value is -1.17. The van der Waals surface area contributed by atoms with Crippen LogP contribution in [0.5, 0.6) is 5.75 Å².